The highest BCUT2D eigenvalue weighted by Gasteiger charge is 2.40. The third kappa shape index (κ3) is 1.74. The van der Waals surface area contributed by atoms with E-state index in [4.69, 9.17) is 0 Å². The van der Waals surface area contributed by atoms with Gasteiger partial charge in [0.15, 0.2) is 5.65 Å². The number of anilines is 1. The number of pyridine rings is 1. The monoisotopic (exact) mass is 268 g/mol. The Labute approximate surface area is 118 Å². The van der Waals surface area contributed by atoms with E-state index in [0.29, 0.717) is 12.1 Å². The lowest BCUT2D eigenvalue weighted by Crippen LogP contribution is -2.43. The van der Waals surface area contributed by atoms with Gasteiger partial charge in [0, 0.05) is 23.4 Å². The highest BCUT2D eigenvalue weighted by molar-refractivity contribution is 5.78. The van der Waals surface area contributed by atoms with Gasteiger partial charge in [0.1, 0.15) is 0 Å². The number of fused-ring (bicyclic) bond motifs is 2. The van der Waals surface area contributed by atoms with Crippen molar-refractivity contribution in [2.75, 3.05) is 5.32 Å². The Morgan fingerprint density at radius 3 is 3.05 bits per heavy atom. The summed E-state index contributed by atoms with van der Waals surface area (Å²) in [5.41, 5.74) is 2.09. The lowest BCUT2D eigenvalue weighted by atomic mass is 9.71. The first kappa shape index (κ1) is 11.9. The largest absolute Gasteiger partial charge is 0.380 e. The molecule has 2 aliphatic rings. The topological polar surface area (TPSA) is 42.7 Å². The van der Waals surface area contributed by atoms with Gasteiger partial charge in [-0.2, -0.15) is 5.10 Å². The Bertz CT molecular complexity index is 670. The van der Waals surface area contributed by atoms with Crippen molar-refractivity contribution in [3.63, 3.8) is 0 Å². The van der Waals surface area contributed by atoms with Gasteiger partial charge in [-0.25, -0.2) is 9.67 Å². The van der Waals surface area contributed by atoms with E-state index in [2.05, 4.69) is 47.5 Å². The molecule has 1 N–H and O–H groups in total. The minimum absolute atomic E-state index is 0.342. The molecule has 0 saturated heterocycles. The van der Waals surface area contributed by atoms with Crippen LogP contribution in [-0.4, -0.2) is 20.8 Å². The maximum atomic E-state index is 4.58. The molecule has 2 aromatic heterocycles. The zero-order valence-electron chi connectivity index (χ0n) is 12.0. The van der Waals surface area contributed by atoms with E-state index < -0.39 is 0 Å². The summed E-state index contributed by atoms with van der Waals surface area (Å²) in [5, 5.41) is 9.16. The van der Waals surface area contributed by atoms with Gasteiger partial charge in [-0.15, -0.1) is 0 Å². The molecule has 0 bridgehead atoms. The second kappa shape index (κ2) is 4.33. The zero-order valence-corrected chi connectivity index (χ0v) is 12.0. The molecule has 0 aromatic carbocycles. The fraction of sp³-hybridized carbons (Fsp3) is 0.500. The van der Waals surface area contributed by atoms with Crippen molar-refractivity contribution in [3.05, 3.63) is 30.6 Å². The number of nitrogens with zero attached hydrogens (tertiary/aromatic N) is 3. The number of hydrogen-bond acceptors (Lipinski definition) is 3. The zero-order chi connectivity index (χ0) is 13.7. The number of allylic oxidation sites excluding steroid dienone is 1. The van der Waals surface area contributed by atoms with Gasteiger partial charge < -0.3 is 5.32 Å². The average Bonchev–Trinajstić information content (AvgIpc) is 2.99. The minimum Gasteiger partial charge on any atom is -0.380 e. The molecular formula is C16H20N4. The van der Waals surface area contributed by atoms with E-state index >= 15 is 0 Å². The lowest BCUT2D eigenvalue weighted by molar-refractivity contribution is 0.218. The van der Waals surface area contributed by atoms with Crippen LogP contribution in [0, 0.1) is 11.8 Å². The molecule has 0 radical (unpaired) electrons. The Morgan fingerprint density at radius 2 is 2.25 bits per heavy atom. The van der Waals surface area contributed by atoms with Crippen LogP contribution < -0.4 is 5.32 Å². The van der Waals surface area contributed by atoms with Gasteiger partial charge in [0.25, 0.3) is 0 Å². The van der Waals surface area contributed by atoms with Gasteiger partial charge >= 0.3 is 0 Å². The van der Waals surface area contributed by atoms with Crippen molar-refractivity contribution in [1.82, 2.24) is 14.8 Å². The summed E-state index contributed by atoms with van der Waals surface area (Å²) >= 11 is 0. The average molecular weight is 268 g/mol. The quantitative estimate of drug-likeness (QED) is 0.868. The van der Waals surface area contributed by atoms with Gasteiger partial charge in [0.2, 0.25) is 0 Å². The summed E-state index contributed by atoms with van der Waals surface area (Å²) in [6, 6.07) is 3.09. The van der Waals surface area contributed by atoms with Crippen LogP contribution in [0.3, 0.4) is 0 Å². The van der Waals surface area contributed by atoms with Crippen LogP contribution in [-0.2, 0) is 0 Å². The van der Waals surface area contributed by atoms with E-state index in [0.717, 1.165) is 28.6 Å². The predicted molar refractivity (Wildman–Crippen MR) is 80.7 cm³/mol. The number of hydrogen-bond donors (Lipinski definition) is 1. The van der Waals surface area contributed by atoms with Crippen LogP contribution in [0.2, 0.25) is 0 Å². The molecule has 0 spiro atoms. The van der Waals surface area contributed by atoms with Crippen molar-refractivity contribution in [3.8, 4) is 0 Å². The van der Waals surface area contributed by atoms with Crippen LogP contribution in [0.5, 0.6) is 0 Å². The fourth-order valence-electron chi connectivity index (χ4n) is 3.49. The molecule has 2 heterocycles. The van der Waals surface area contributed by atoms with E-state index in [1.54, 1.807) is 0 Å². The molecule has 4 rings (SSSR count). The molecule has 104 valence electrons. The standard InChI is InChI=1S/C16H20N4/c1-10(2)20-16-12(8-18-20)6-13(9-17-16)19-15-7-11-4-3-5-14(11)15/h3,5-6,8-11,14-15,19H,4,7H2,1-2H3. The van der Waals surface area contributed by atoms with E-state index in [1.807, 2.05) is 17.1 Å². The first-order chi connectivity index (χ1) is 9.72. The third-order valence-electron chi connectivity index (χ3n) is 4.64. The Morgan fingerprint density at radius 1 is 1.35 bits per heavy atom. The first-order valence-corrected chi connectivity index (χ1v) is 7.49. The Balaban J connectivity index is 1.57. The highest BCUT2D eigenvalue weighted by atomic mass is 15.3. The van der Waals surface area contributed by atoms with Gasteiger partial charge in [-0.1, -0.05) is 12.2 Å². The van der Waals surface area contributed by atoms with Crippen molar-refractivity contribution in [2.24, 2.45) is 11.8 Å². The maximum Gasteiger partial charge on any atom is 0.158 e. The van der Waals surface area contributed by atoms with E-state index in [-0.39, 0.29) is 0 Å². The minimum atomic E-state index is 0.342. The van der Waals surface area contributed by atoms with Crippen LogP contribution in [0.1, 0.15) is 32.7 Å². The normalized spacial score (nSPS) is 27.9. The van der Waals surface area contributed by atoms with Crippen molar-refractivity contribution >= 4 is 16.7 Å². The summed E-state index contributed by atoms with van der Waals surface area (Å²) in [6.45, 7) is 4.25. The van der Waals surface area contributed by atoms with E-state index in [1.165, 1.54) is 12.8 Å². The fourth-order valence-corrected chi connectivity index (χ4v) is 3.49. The van der Waals surface area contributed by atoms with Crippen LogP contribution >= 0.6 is 0 Å². The lowest BCUT2D eigenvalue weighted by Gasteiger charge is -2.41. The molecule has 0 amide bonds. The molecule has 4 heteroatoms. The highest BCUT2D eigenvalue weighted by Crippen LogP contribution is 2.44. The summed E-state index contributed by atoms with van der Waals surface area (Å²) in [6.07, 6.45) is 11.1. The molecule has 3 unspecified atom stereocenters. The third-order valence-corrected chi connectivity index (χ3v) is 4.64. The number of nitrogens with one attached hydrogen (secondary N) is 1. The van der Waals surface area contributed by atoms with Gasteiger partial charge in [-0.3, -0.25) is 0 Å². The molecular weight excluding hydrogens is 248 g/mol. The molecule has 3 atom stereocenters. The van der Waals surface area contributed by atoms with Crippen molar-refractivity contribution < 1.29 is 0 Å². The first-order valence-electron chi connectivity index (χ1n) is 7.49. The molecule has 20 heavy (non-hydrogen) atoms. The van der Waals surface area contributed by atoms with Gasteiger partial charge in [0.05, 0.1) is 18.1 Å². The molecule has 2 aliphatic carbocycles. The molecule has 1 fully saturated rings. The van der Waals surface area contributed by atoms with Crippen LogP contribution in [0.15, 0.2) is 30.6 Å². The maximum absolute atomic E-state index is 4.58. The second-order valence-corrected chi connectivity index (χ2v) is 6.31. The number of rotatable bonds is 3. The summed E-state index contributed by atoms with van der Waals surface area (Å²) in [4.78, 5) is 4.58. The molecule has 1 saturated carbocycles. The SMILES string of the molecule is CC(C)n1ncc2cc(NC3CC4CC=CC43)cnc21. The summed E-state index contributed by atoms with van der Waals surface area (Å²) < 4.78 is 1.97. The molecule has 0 aliphatic heterocycles. The molecule has 2 aromatic rings. The van der Waals surface area contributed by atoms with Crippen LogP contribution in [0.4, 0.5) is 5.69 Å². The van der Waals surface area contributed by atoms with Crippen molar-refractivity contribution in [1.29, 1.82) is 0 Å². The second-order valence-electron chi connectivity index (χ2n) is 6.31. The summed E-state index contributed by atoms with van der Waals surface area (Å²) in [5.74, 6) is 1.61. The Kier molecular flexibility index (Phi) is 2.59. The van der Waals surface area contributed by atoms with Crippen molar-refractivity contribution in [2.45, 2.75) is 38.8 Å². The Hall–Kier alpha value is -1.84. The number of aromatic nitrogens is 3. The van der Waals surface area contributed by atoms with Crippen LogP contribution in [0.25, 0.3) is 11.0 Å². The predicted octanol–water partition coefficient (Wildman–Crippen LogP) is 3.39. The van der Waals surface area contributed by atoms with E-state index in [9.17, 15) is 0 Å². The van der Waals surface area contributed by atoms with Gasteiger partial charge in [-0.05, 0) is 38.7 Å². The smallest absolute Gasteiger partial charge is 0.158 e. The molecule has 4 nitrogen and oxygen atoms in total. The summed E-state index contributed by atoms with van der Waals surface area (Å²) in [7, 11) is 0.